The van der Waals surface area contributed by atoms with Crippen LogP contribution in [0.5, 0.6) is 0 Å². The van der Waals surface area contributed by atoms with E-state index in [4.69, 9.17) is 4.52 Å². The van der Waals surface area contributed by atoms with Gasteiger partial charge in [-0.25, -0.2) is 0 Å². The van der Waals surface area contributed by atoms with Crippen molar-refractivity contribution in [1.29, 1.82) is 0 Å². The van der Waals surface area contributed by atoms with E-state index in [2.05, 4.69) is 46.6 Å². The van der Waals surface area contributed by atoms with Crippen molar-refractivity contribution in [2.75, 3.05) is 37.2 Å². The summed E-state index contributed by atoms with van der Waals surface area (Å²) < 4.78 is 4.94. The number of amides is 2. The van der Waals surface area contributed by atoms with Crippen molar-refractivity contribution in [3.63, 3.8) is 0 Å². The van der Waals surface area contributed by atoms with Gasteiger partial charge in [0.1, 0.15) is 5.76 Å². The Labute approximate surface area is 175 Å². The molecule has 2 amide bonds. The number of hydrogen-bond acceptors (Lipinski definition) is 6. The van der Waals surface area contributed by atoms with Crippen LogP contribution in [-0.2, 0) is 16.1 Å². The Bertz CT molecular complexity index is 846. The van der Waals surface area contributed by atoms with Crippen molar-refractivity contribution in [2.24, 2.45) is 0 Å². The third kappa shape index (κ3) is 6.08. The molecule has 0 aliphatic carbocycles. The maximum atomic E-state index is 12.5. The van der Waals surface area contributed by atoms with Crippen LogP contribution < -0.4 is 5.32 Å². The average molecular weight is 417 g/mol. The fourth-order valence-corrected chi connectivity index (χ4v) is 3.99. The molecular formula is C21H28N4O3S. The summed E-state index contributed by atoms with van der Waals surface area (Å²) in [6, 6.07) is 10.1. The highest BCUT2D eigenvalue weighted by Crippen LogP contribution is 2.17. The SMILES string of the molecule is Cc1cc(NC(=O)[C@H](C)SCC(=O)N2CCN(Cc3ccccc3C)CC2)no1. The lowest BCUT2D eigenvalue weighted by atomic mass is 10.1. The van der Waals surface area contributed by atoms with E-state index in [0.717, 1.165) is 32.7 Å². The molecule has 7 nitrogen and oxygen atoms in total. The smallest absolute Gasteiger partial charge is 0.238 e. The molecule has 1 aliphatic rings. The fraction of sp³-hybridized carbons (Fsp3) is 0.476. The first kappa shape index (κ1) is 21.4. The third-order valence-corrected chi connectivity index (χ3v) is 6.21. The van der Waals surface area contributed by atoms with Crippen LogP contribution >= 0.6 is 11.8 Å². The van der Waals surface area contributed by atoms with Gasteiger partial charge in [0, 0.05) is 38.8 Å². The lowest BCUT2D eigenvalue weighted by Crippen LogP contribution is -2.49. The molecule has 0 spiro atoms. The highest BCUT2D eigenvalue weighted by molar-refractivity contribution is 8.01. The van der Waals surface area contributed by atoms with Crippen LogP contribution in [0.2, 0.25) is 0 Å². The molecule has 1 aromatic heterocycles. The van der Waals surface area contributed by atoms with Gasteiger partial charge in [-0.2, -0.15) is 0 Å². The maximum Gasteiger partial charge on any atom is 0.238 e. The number of thioether (sulfide) groups is 1. The predicted molar refractivity (Wildman–Crippen MR) is 115 cm³/mol. The maximum absolute atomic E-state index is 12.5. The van der Waals surface area contributed by atoms with E-state index in [1.54, 1.807) is 19.9 Å². The second-order valence-electron chi connectivity index (χ2n) is 7.35. The van der Waals surface area contributed by atoms with E-state index < -0.39 is 0 Å². The first-order chi connectivity index (χ1) is 13.9. The summed E-state index contributed by atoms with van der Waals surface area (Å²) in [5.41, 5.74) is 2.64. The fourth-order valence-electron chi connectivity index (χ4n) is 3.20. The number of benzene rings is 1. The van der Waals surface area contributed by atoms with Crippen LogP contribution in [0.15, 0.2) is 34.9 Å². The highest BCUT2D eigenvalue weighted by atomic mass is 32.2. The van der Waals surface area contributed by atoms with Gasteiger partial charge >= 0.3 is 0 Å². The van der Waals surface area contributed by atoms with Gasteiger partial charge in [0.25, 0.3) is 0 Å². The van der Waals surface area contributed by atoms with Gasteiger partial charge in [0.2, 0.25) is 11.8 Å². The number of piperazine rings is 1. The summed E-state index contributed by atoms with van der Waals surface area (Å²) in [7, 11) is 0. The quantitative estimate of drug-likeness (QED) is 0.748. The summed E-state index contributed by atoms with van der Waals surface area (Å²) in [6.07, 6.45) is 0. The van der Waals surface area contributed by atoms with Gasteiger partial charge in [-0.1, -0.05) is 29.4 Å². The van der Waals surface area contributed by atoms with Crippen molar-refractivity contribution in [2.45, 2.75) is 32.6 Å². The molecule has 0 saturated carbocycles. The Balaban J connectivity index is 1.39. The van der Waals surface area contributed by atoms with Gasteiger partial charge in [0.15, 0.2) is 5.82 Å². The van der Waals surface area contributed by atoms with Crippen molar-refractivity contribution in [3.8, 4) is 0 Å². The second-order valence-corrected chi connectivity index (χ2v) is 8.68. The minimum Gasteiger partial charge on any atom is -0.360 e. The highest BCUT2D eigenvalue weighted by Gasteiger charge is 2.23. The van der Waals surface area contributed by atoms with Gasteiger partial charge < -0.3 is 14.7 Å². The van der Waals surface area contributed by atoms with Crippen LogP contribution in [0.4, 0.5) is 5.82 Å². The minimum atomic E-state index is -0.349. The molecule has 0 bridgehead atoms. The molecule has 1 atom stereocenters. The van der Waals surface area contributed by atoms with E-state index in [0.29, 0.717) is 17.3 Å². The molecule has 3 rings (SSSR count). The van der Waals surface area contributed by atoms with Crippen LogP contribution in [0.25, 0.3) is 0 Å². The van der Waals surface area contributed by atoms with Crippen LogP contribution in [0, 0.1) is 13.8 Å². The molecule has 29 heavy (non-hydrogen) atoms. The van der Waals surface area contributed by atoms with E-state index in [1.807, 2.05) is 4.90 Å². The van der Waals surface area contributed by atoms with E-state index in [1.165, 1.54) is 22.9 Å². The first-order valence-electron chi connectivity index (χ1n) is 9.83. The number of nitrogens with one attached hydrogen (secondary N) is 1. The number of anilines is 1. The van der Waals surface area contributed by atoms with Crippen molar-refractivity contribution in [3.05, 3.63) is 47.2 Å². The van der Waals surface area contributed by atoms with E-state index in [9.17, 15) is 9.59 Å². The molecule has 2 heterocycles. The number of carbonyl (C=O) groups excluding carboxylic acids is 2. The molecule has 156 valence electrons. The minimum absolute atomic E-state index is 0.0856. The number of hydrogen-bond donors (Lipinski definition) is 1. The monoisotopic (exact) mass is 416 g/mol. The first-order valence-corrected chi connectivity index (χ1v) is 10.9. The van der Waals surface area contributed by atoms with Gasteiger partial charge in [-0.15, -0.1) is 11.8 Å². The Morgan fingerprint density at radius 1 is 1.21 bits per heavy atom. The molecule has 1 aromatic carbocycles. The lowest BCUT2D eigenvalue weighted by molar-refractivity contribution is -0.130. The molecule has 1 N–H and O–H groups in total. The largest absolute Gasteiger partial charge is 0.360 e. The average Bonchev–Trinajstić information content (AvgIpc) is 3.12. The number of carbonyl (C=O) groups is 2. The third-order valence-electron chi connectivity index (χ3n) is 5.09. The summed E-state index contributed by atoms with van der Waals surface area (Å²) >= 11 is 1.34. The zero-order valence-electron chi connectivity index (χ0n) is 17.2. The molecule has 1 saturated heterocycles. The molecule has 1 fully saturated rings. The standard InChI is InChI=1S/C21H28N4O3S/c1-15-6-4-5-7-18(15)13-24-8-10-25(11-9-24)20(26)14-29-17(3)21(27)22-19-12-16(2)28-23-19/h4-7,12,17H,8-11,13-14H2,1-3H3,(H,22,23,27)/t17-/m0/s1. The summed E-state index contributed by atoms with van der Waals surface area (Å²) in [5, 5.41) is 6.11. The van der Waals surface area contributed by atoms with Crippen LogP contribution in [-0.4, -0.2) is 64.0 Å². The molecule has 1 aliphatic heterocycles. The second kappa shape index (κ2) is 9.93. The zero-order chi connectivity index (χ0) is 20.8. The lowest BCUT2D eigenvalue weighted by Gasteiger charge is -2.35. The van der Waals surface area contributed by atoms with E-state index in [-0.39, 0.29) is 17.1 Å². The van der Waals surface area contributed by atoms with Crippen molar-refractivity contribution < 1.29 is 14.1 Å². The number of aryl methyl sites for hydroxylation is 2. The Morgan fingerprint density at radius 2 is 1.93 bits per heavy atom. The molecular weight excluding hydrogens is 388 g/mol. The number of rotatable bonds is 7. The number of aromatic nitrogens is 1. The molecule has 8 heteroatoms. The predicted octanol–water partition coefficient (Wildman–Crippen LogP) is 2.70. The Morgan fingerprint density at radius 3 is 2.59 bits per heavy atom. The van der Waals surface area contributed by atoms with Crippen LogP contribution in [0.3, 0.4) is 0 Å². The molecule has 0 unspecified atom stereocenters. The Kier molecular flexibility index (Phi) is 7.33. The van der Waals surface area contributed by atoms with Gasteiger partial charge in [-0.05, 0) is 31.9 Å². The van der Waals surface area contributed by atoms with Crippen molar-refractivity contribution in [1.82, 2.24) is 15.0 Å². The summed E-state index contributed by atoms with van der Waals surface area (Å²) in [5.74, 6) is 1.24. The molecule has 2 aromatic rings. The topological polar surface area (TPSA) is 78.7 Å². The normalized spacial score (nSPS) is 15.9. The summed E-state index contributed by atoms with van der Waals surface area (Å²) in [6.45, 7) is 9.79. The van der Waals surface area contributed by atoms with Crippen LogP contribution in [0.1, 0.15) is 23.8 Å². The Hall–Kier alpha value is -2.32. The summed E-state index contributed by atoms with van der Waals surface area (Å²) in [4.78, 5) is 29.0. The van der Waals surface area contributed by atoms with Gasteiger partial charge in [0.05, 0.1) is 11.0 Å². The zero-order valence-corrected chi connectivity index (χ0v) is 18.0. The molecule has 0 radical (unpaired) electrons. The van der Waals surface area contributed by atoms with Gasteiger partial charge in [-0.3, -0.25) is 14.5 Å². The van der Waals surface area contributed by atoms with E-state index >= 15 is 0 Å². The van der Waals surface area contributed by atoms with Crippen molar-refractivity contribution >= 4 is 29.4 Å². The number of nitrogens with zero attached hydrogens (tertiary/aromatic N) is 3.